The van der Waals surface area contributed by atoms with Gasteiger partial charge in [-0.1, -0.05) is 109 Å². The van der Waals surface area contributed by atoms with Crippen molar-refractivity contribution in [2.45, 2.75) is 205 Å². The maximum atomic E-state index is 5.13. The minimum absolute atomic E-state index is 0. The summed E-state index contributed by atoms with van der Waals surface area (Å²) in [4.78, 5) is 12.7. The third-order valence-electron chi connectivity index (χ3n) is 4.63. The average molecular weight is 679 g/mol. The van der Waals surface area contributed by atoms with Gasteiger partial charge in [-0.15, -0.1) is 0 Å². The van der Waals surface area contributed by atoms with Gasteiger partial charge < -0.3 is 19.3 Å². The maximum Gasteiger partial charge on any atom is 0.147 e. The van der Waals surface area contributed by atoms with Crippen LogP contribution in [0.3, 0.4) is 0 Å². The fraction of sp³-hybridized carbons (Fsp3) is 0.854. The van der Waals surface area contributed by atoms with Crippen molar-refractivity contribution in [2.75, 3.05) is 20.9 Å². The van der Waals surface area contributed by atoms with Gasteiger partial charge in [0.2, 0.25) is 0 Å². The molecule has 6 heteroatoms. The minimum atomic E-state index is 0. The average Bonchev–Trinajstić information content (AvgIpc) is 2.91. The zero-order valence-corrected chi connectivity index (χ0v) is 33.4. The molecule has 0 aromatic rings. The quantitative estimate of drug-likeness (QED) is 0.0842. The minimum Gasteiger partial charge on any atom is -0.364 e. The highest BCUT2D eigenvalue weighted by Crippen LogP contribution is 1.97. The second-order valence-electron chi connectivity index (χ2n) is 12.0. The summed E-state index contributed by atoms with van der Waals surface area (Å²) in [6, 6.07) is 1.90. The van der Waals surface area contributed by atoms with Crippen LogP contribution < -0.4 is 0 Å². The van der Waals surface area contributed by atoms with Crippen LogP contribution in [-0.4, -0.2) is 79.7 Å². The van der Waals surface area contributed by atoms with E-state index in [9.17, 15) is 0 Å². The molecule has 0 saturated heterocycles. The molecule has 0 spiro atoms. The SMILES string of the molecule is C.C.C.C.CC.CC.CC(C)/C=C\C=C/C(C)C.CC(C)N=CN(C)C(C)C.CC(C)N=CN(C)C(C)C.CC(C)OCOC(C)C. The molecule has 0 amide bonds. The van der Waals surface area contributed by atoms with Crippen LogP contribution in [0.1, 0.15) is 168 Å². The second kappa shape index (κ2) is 53.8. The highest BCUT2D eigenvalue weighted by Gasteiger charge is 1.97. The molecule has 0 aliphatic carbocycles. The van der Waals surface area contributed by atoms with E-state index in [0.717, 1.165) is 0 Å². The van der Waals surface area contributed by atoms with Gasteiger partial charge in [-0.2, -0.15) is 0 Å². The monoisotopic (exact) mass is 679 g/mol. The first-order chi connectivity index (χ1) is 19.8. The van der Waals surface area contributed by atoms with Crippen LogP contribution in [0.5, 0.6) is 0 Å². The molecule has 0 heterocycles. The van der Waals surface area contributed by atoms with E-state index in [1.54, 1.807) is 0 Å². The lowest BCUT2D eigenvalue weighted by molar-refractivity contribution is -0.0994. The van der Waals surface area contributed by atoms with Crippen LogP contribution in [0.2, 0.25) is 0 Å². The number of hydrogen-bond acceptors (Lipinski definition) is 4. The van der Waals surface area contributed by atoms with E-state index < -0.39 is 0 Å². The second-order valence-corrected chi connectivity index (χ2v) is 12.0. The van der Waals surface area contributed by atoms with Crippen molar-refractivity contribution in [3.8, 4) is 0 Å². The van der Waals surface area contributed by atoms with E-state index >= 15 is 0 Å². The smallest absolute Gasteiger partial charge is 0.147 e. The Kier molecular flexibility index (Phi) is 81.7. The largest absolute Gasteiger partial charge is 0.364 e. The highest BCUT2D eigenvalue weighted by atomic mass is 16.7. The van der Waals surface area contributed by atoms with E-state index in [1.165, 1.54) is 0 Å². The molecule has 0 aliphatic heterocycles. The Morgan fingerprint density at radius 3 is 0.851 bits per heavy atom. The molecule has 0 fully saturated rings. The van der Waals surface area contributed by atoms with Crippen molar-refractivity contribution in [1.29, 1.82) is 0 Å². The Bertz CT molecular complexity index is 555. The first kappa shape index (κ1) is 71.4. The van der Waals surface area contributed by atoms with Crippen molar-refractivity contribution in [1.82, 2.24) is 9.80 Å². The normalized spacial score (nSPS) is 10.3. The summed E-state index contributed by atoms with van der Waals surface area (Å²) in [6.07, 6.45) is 12.9. The predicted octanol–water partition coefficient (Wildman–Crippen LogP) is 13.3. The molecule has 0 bridgehead atoms. The predicted molar refractivity (Wildman–Crippen MR) is 228 cm³/mol. The van der Waals surface area contributed by atoms with Gasteiger partial charge in [0.1, 0.15) is 6.79 Å². The van der Waals surface area contributed by atoms with Crippen molar-refractivity contribution in [3.63, 3.8) is 0 Å². The molecule has 0 saturated carbocycles. The zero-order valence-electron chi connectivity index (χ0n) is 33.4. The number of rotatable bonds is 13. The summed E-state index contributed by atoms with van der Waals surface area (Å²) in [6.45, 7) is 42.0. The van der Waals surface area contributed by atoms with Crippen molar-refractivity contribution < 1.29 is 9.47 Å². The first-order valence-corrected chi connectivity index (χ1v) is 16.9. The van der Waals surface area contributed by atoms with Crippen LogP contribution in [0, 0.1) is 11.8 Å². The van der Waals surface area contributed by atoms with Gasteiger partial charge in [0.15, 0.2) is 0 Å². The number of allylic oxidation sites excluding steroid dienone is 4. The molecule has 0 rings (SSSR count). The van der Waals surface area contributed by atoms with Gasteiger partial charge in [-0.05, 0) is 94.9 Å². The standard InChI is InChI=1S/C10H18.2C8H18N2.C7H16O2.2C2H6.4CH4/c1-9(2)7-5-6-8-10(3)4;2*1-7(2)9-6-10(5)8(3)4;1-6(2)8-5-9-7(3)4;2*1-2;;;;/h5-10H,1-4H3;2*6-8H,1-5H3;6-7H,5H2,1-4H3;2*1-2H3;4*1H4/b7-5-,8-6-;;;;;;;;;. The van der Waals surface area contributed by atoms with E-state index in [-0.39, 0.29) is 41.9 Å². The summed E-state index contributed by atoms with van der Waals surface area (Å²) in [5, 5.41) is 0. The van der Waals surface area contributed by atoms with Crippen LogP contribution in [0.25, 0.3) is 0 Å². The Morgan fingerprint density at radius 2 is 0.702 bits per heavy atom. The first-order valence-electron chi connectivity index (χ1n) is 16.9. The molecule has 47 heavy (non-hydrogen) atoms. The molecule has 0 N–H and O–H groups in total. The molecular weight excluding hydrogens is 580 g/mol. The van der Waals surface area contributed by atoms with E-state index in [1.807, 2.05) is 82.2 Å². The van der Waals surface area contributed by atoms with Gasteiger partial charge >= 0.3 is 0 Å². The number of hydrogen-bond donors (Lipinski definition) is 0. The van der Waals surface area contributed by atoms with E-state index in [0.29, 0.717) is 42.8 Å². The third-order valence-corrected chi connectivity index (χ3v) is 4.63. The molecule has 0 aromatic carbocycles. The Morgan fingerprint density at radius 1 is 0.468 bits per heavy atom. The summed E-state index contributed by atoms with van der Waals surface area (Å²) in [5.74, 6) is 1.33. The number of aliphatic imine (C=N–C) groups is 2. The summed E-state index contributed by atoms with van der Waals surface area (Å²) in [5.41, 5.74) is 0. The molecule has 0 unspecified atom stereocenters. The van der Waals surface area contributed by atoms with Crippen molar-refractivity contribution >= 4 is 12.7 Å². The molecule has 0 radical (unpaired) electrons. The lowest BCUT2D eigenvalue weighted by atomic mass is 10.2. The van der Waals surface area contributed by atoms with Gasteiger partial charge in [0.05, 0.1) is 24.9 Å². The third kappa shape index (κ3) is 92.3. The topological polar surface area (TPSA) is 49.7 Å². The Hall–Kier alpha value is -1.66. The number of ether oxygens (including phenoxy) is 2. The molecule has 6 nitrogen and oxygen atoms in total. The molecule has 294 valence electrons. The van der Waals surface area contributed by atoms with Crippen LogP contribution in [-0.2, 0) is 9.47 Å². The fourth-order valence-electron chi connectivity index (χ4n) is 1.63. The summed E-state index contributed by atoms with van der Waals surface area (Å²) >= 11 is 0. The Balaban J connectivity index is -0.0000000455. The van der Waals surface area contributed by atoms with Gasteiger partial charge in [-0.3, -0.25) is 9.98 Å². The van der Waals surface area contributed by atoms with E-state index in [4.69, 9.17) is 9.47 Å². The highest BCUT2D eigenvalue weighted by molar-refractivity contribution is 5.55. The molecular formula is C41H98N4O2. The summed E-state index contributed by atoms with van der Waals surface area (Å²) < 4.78 is 10.3. The van der Waals surface area contributed by atoms with Crippen LogP contribution in [0.4, 0.5) is 0 Å². The fourth-order valence-corrected chi connectivity index (χ4v) is 1.63. The molecule has 0 atom stereocenters. The zero-order chi connectivity index (χ0) is 35.6. The molecule has 0 aliphatic rings. The lowest BCUT2D eigenvalue weighted by Gasteiger charge is -2.17. The lowest BCUT2D eigenvalue weighted by Crippen LogP contribution is -2.24. The van der Waals surface area contributed by atoms with Crippen LogP contribution >= 0.6 is 0 Å². The van der Waals surface area contributed by atoms with Gasteiger partial charge in [0.25, 0.3) is 0 Å². The summed E-state index contributed by atoms with van der Waals surface area (Å²) in [7, 11) is 4.08. The van der Waals surface area contributed by atoms with Gasteiger partial charge in [-0.25, -0.2) is 0 Å². The van der Waals surface area contributed by atoms with E-state index in [2.05, 4.69) is 127 Å². The molecule has 0 aromatic heterocycles. The Labute approximate surface area is 303 Å². The van der Waals surface area contributed by atoms with Crippen LogP contribution in [0.15, 0.2) is 34.3 Å². The maximum absolute atomic E-state index is 5.13. The van der Waals surface area contributed by atoms with Gasteiger partial charge in [0, 0.05) is 38.3 Å². The number of nitrogens with zero attached hydrogens (tertiary/aromatic N) is 4. The van der Waals surface area contributed by atoms with Crippen molar-refractivity contribution in [3.05, 3.63) is 24.3 Å². The van der Waals surface area contributed by atoms with Crippen molar-refractivity contribution in [2.24, 2.45) is 21.8 Å².